The maximum atomic E-state index is 13.5. The summed E-state index contributed by atoms with van der Waals surface area (Å²) in [5.41, 5.74) is -0.622. The van der Waals surface area contributed by atoms with Crippen LogP contribution in [0.1, 0.15) is 13.8 Å². The van der Waals surface area contributed by atoms with Crippen molar-refractivity contribution in [3.8, 4) is 0 Å². The molecule has 0 amide bonds. The van der Waals surface area contributed by atoms with E-state index in [0.29, 0.717) is 11.0 Å². The fourth-order valence-corrected chi connectivity index (χ4v) is 1.62. The van der Waals surface area contributed by atoms with E-state index in [0.717, 1.165) is 6.20 Å². The van der Waals surface area contributed by atoms with Crippen molar-refractivity contribution in [1.82, 2.24) is 9.97 Å². The Morgan fingerprint density at radius 1 is 1.47 bits per heavy atom. The number of hydrogen-bond acceptors (Lipinski definition) is 5. The average Bonchev–Trinajstić information content (AvgIpc) is 2.34. The van der Waals surface area contributed by atoms with Gasteiger partial charge in [-0.3, -0.25) is 15.1 Å². The molecule has 0 aliphatic rings. The van der Waals surface area contributed by atoms with Gasteiger partial charge < -0.3 is 5.32 Å². The van der Waals surface area contributed by atoms with Crippen LogP contribution in [0.2, 0.25) is 0 Å². The van der Waals surface area contributed by atoms with Gasteiger partial charge in [0.1, 0.15) is 23.1 Å². The summed E-state index contributed by atoms with van der Waals surface area (Å²) in [5.74, 6) is 0. The van der Waals surface area contributed by atoms with Crippen LogP contribution in [0, 0.1) is 10.1 Å². The van der Waals surface area contributed by atoms with Gasteiger partial charge in [0.2, 0.25) is 0 Å². The second-order valence-electron chi connectivity index (χ2n) is 4.72. The topological polar surface area (TPSA) is 81.0 Å². The molecular formula is C12H13FN4O2. The van der Waals surface area contributed by atoms with Gasteiger partial charge in [-0.2, -0.15) is 0 Å². The SMILES string of the molecule is CC(C)(F)CNc1c([N+](=O)[O-])cnc2cccnc12. The van der Waals surface area contributed by atoms with Gasteiger partial charge in [0, 0.05) is 12.7 Å². The number of halogens is 1. The second kappa shape index (κ2) is 4.75. The monoisotopic (exact) mass is 264 g/mol. The van der Waals surface area contributed by atoms with Crippen LogP contribution in [-0.2, 0) is 0 Å². The number of anilines is 1. The third-order valence-corrected chi connectivity index (χ3v) is 2.49. The molecule has 0 aliphatic carbocycles. The Hall–Kier alpha value is -2.31. The first kappa shape index (κ1) is 13.1. The Morgan fingerprint density at radius 3 is 2.84 bits per heavy atom. The molecule has 0 radical (unpaired) electrons. The highest BCUT2D eigenvalue weighted by molar-refractivity contribution is 5.92. The molecule has 6 nitrogen and oxygen atoms in total. The van der Waals surface area contributed by atoms with Gasteiger partial charge in [0.15, 0.2) is 0 Å². The van der Waals surface area contributed by atoms with Gasteiger partial charge >= 0.3 is 5.69 Å². The number of nitro groups is 1. The molecule has 0 aliphatic heterocycles. The minimum Gasteiger partial charge on any atom is -0.374 e. The summed E-state index contributed by atoms with van der Waals surface area (Å²) in [4.78, 5) is 18.5. The van der Waals surface area contributed by atoms with Crippen molar-refractivity contribution >= 4 is 22.4 Å². The van der Waals surface area contributed by atoms with Crippen molar-refractivity contribution < 1.29 is 9.31 Å². The average molecular weight is 264 g/mol. The lowest BCUT2D eigenvalue weighted by molar-refractivity contribution is -0.384. The van der Waals surface area contributed by atoms with Crippen LogP contribution in [0.3, 0.4) is 0 Å². The smallest absolute Gasteiger partial charge is 0.312 e. The predicted octanol–water partition coefficient (Wildman–Crippen LogP) is 2.70. The number of aromatic nitrogens is 2. The van der Waals surface area contributed by atoms with E-state index in [1.54, 1.807) is 12.1 Å². The van der Waals surface area contributed by atoms with Crippen molar-refractivity contribution in [1.29, 1.82) is 0 Å². The Labute approximate surface area is 108 Å². The third kappa shape index (κ3) is 2.93. The Balaban J connectivity index is 2.53. The zero-order valence-electron chi connectivity index (χ0n) is 10.6. The fourth-order valence-electron chi connectivity index (χ4n) is 1.62. The van der Waals surface area contributed by atoms with Crippen LogP contribution in [0.5, 0.6) is 0 Å². The molecule has 7 heteroatoms. The van der Waals surface area contributed by atoms with Gasteiger partial charge in [-0.25, -0.2) is 9.37 Å². The summed E-state index contributed by atoms with van der Waals surface area (Å²) in [6, 6.07) is 3.38. The Bertz CT molecular complexity index is 625. The normalized spacial score (nSPS) is 11.5. The lowest BCUT2D eigenvalue weighted by Gasteiger charge is -2.16. The molecule has 0 spiro atoms. The molecule has 2 aromatic heterocycles. The fraction of sp³-hybridized carbons (Fsp3) is 0.333. The van der Waals surface area contributed by atoms with Gasteiger partial charge in [0.25, 0.3) is 0 Å². The van der Waals surface area contributed by atoms with Gasteiger partial charge in [-0.05, 0) is 26.0 Å². The first-order chi connectivity index (χ1) is 8.88. The van der Waals surface area contributed by atoms with Crippen LogP contribution in [0.25, 0.3) is 11.0 Å². The van der Waals surface area contributed by atoms with Crippen molar-refractivity contribution in [2.24, 2.45) is 0 Å². The van der Waals surface area contributed by atoms with Crippen molar-refractivity contribution in [2.75, 3.05) is 11.9 Å². The molecule has 0 bridgehead atoms. The minimum atomic E-state index is -1.49. The molecule has 0 aromatic carbocycles. The summed E-state index contributed by atoms with van der Waals surface area (Å²) < 4.78 is 13.5. The summed E-state index contributed by atoms with van der Waals surface area (Å²) in [6.07, 6.45) is 2.66. The molecule has 0 atom stereocenters. The first-order valence-electron chi connectivity index (χ1n) is 5.69. The molecule has 0 saturated carbocycles. The summed E-state index contributed by atoms with van der Waals surface area (Å²) in [6.45, 7) is 2.73. The van der Waals surface area contributed by atoms with E-state index in [2.05, 4.69) is 15.3 Å². The van der Waals surface area contributed by atoms with E-state index < -0.39 is 10.6 Å². The molecule has 2 aromatic rings. The first-order valence-corrected chi connectivity index (χ1v) is 5.69. The molecule has 0 unspecified atom stereocenters. The standard InChI is InChI=1S/C12H13FN4O2/c1-12(2,13)7-16-11-9(17(18)19)6-15-8-4-3-5-14-10(8)11/h3-6H,7H2,1-2H3,(H,15,16). The number of pyridine rings is 2. The van der Waals surface area contributed by atoms with Crippen LogP contribution >= 0.6 is 0 Å². The van der Waals surface area contributed by atoms with E-state index in [9.17, 15) is 14.5 Å². The molecular weight excluding hydrogens is 251 g/mol. The third-order valence-electron chi connectivity index (χ3n) is 2.49. The number of alkyl halides is 1. The van der Waals surface area contributed by atoms with E-state index in [4.69, 9.17) is 0 Å². The number of nitrogens with one attached hydrogen (secondary N) is 1. The van der Waals surface area contributed by atoms with E-state index in [1.807, 2.05) is 0 Å². The van der Waals surface area contributed by atoms with Crippen LogP contribution in [0.4, 0.5) is 15.8 Å². The predicted molar refractivity (Wildman–Crippen MR) is 69.9 cm³/mol. The number of hydrogen-bond donors (Lipinski definition) is 1. The zero-order valence-corrected chi connectivity index (χ0v) is 10.6. The van der Waals surface area contributed by atoms with E-state index in [-0.39, 0.29) is 17.9 Å². The number of rotatable bonds is 4. The van der Waals surface area contributed by atoms with E-state index in [1.165, 1.54) is 20.0 Å². The Morgan fingerprint density at radius 2 is 2.21 bits per heavy atom. The highest BCUT2D eigenvalue weighted by atomic mass is 19.1. The molecule has 0 fully saturated rings. The summed E-state index contributed by atoms with van der Waals surface area (Å²) >= 11 is 0. The maximum absolute atomic E-state index is 13.5. The van der Waals surface area contributed by atoms with E-state index >= 15 is 0 Å². The molecule has 100 valence electrons. The molecule has 2 rings (SSSR count). The quantitative estimate of drug-likeness (QED) is 0.678. The Kier molecular flexibility index (Phi) is 3.28. The van der Waals surface area contributed by atoms with Gasteiger partial charge in [-0.15, -0.1) is 0 Å². The molecule has 2 heterocycles. The van der Waals surface area contributed by atoms with Crippen molar-refractivity contribution in [3.05, 3.63) is 34.6 Å². The maximum Gasteiger partial charge on any atom is 0.312 e. The highest BCUT2D eigenvalue weighted by Crippen LogP contribution is 2.30. The van der Waals surface area contributed by atoms with Crippen LogP contribution in [-0.4, -0.2) is 27.1 Å². The zero-order chi connectivity index (χ0) is 14.0. The van der Waals surface area contributed by atoms with Crippen molar-refractivity contribution in [3.63, 3.8) is 0 Å². The van der Waals surface area contributed by atoms with Gasteiger partial charge in [0.05, 0.1) is 10.4 Å². The lowest BCUT2D eigenvalue weighted by Crippen LogP contribution is -2.25. The molecule has 1 N–H and O–H groups in total. The highest BCUT2D eigenvalue weighted by Gasteiger charge is 2.22. The van der Waals surface area contributed by atoms with Gasteiger partial charge in [-0.1, -0.05) is 0 Å². The van der Waals surface area contributed by atoms with Crippen molar-refractivity contribution in [2.45, 2.75) is 19.5 Å². The molecule has 19 heavy (non-hydrogen) atoms. The summed E-state index contributed by atoms with van der Waals surface area (Å²) in [7, 11) is 0. The number of nitrogens with zero attached hydrogens (tertiary/aromatic N) is 3. The van der Waals surface area contributed by atoms with Crippen LogP contribution < -0.4 is 5.32 Å². The number of fused-ring (bicyclic) bond motifs is 1. The minimum absolute atomic E-state index is 0.0521. The van der Waals surface area contributed by atoms with Crippen LogP contribution in [0.15, 0.2) is 24.5 Å². The largest absolute Gasteiger partial charge is 0.374 e. The molecule has 0 saturated heterocycles. The second-order valence-corrected chi connectivity index (χ2v) is 4.72. The summed E-state index contributed by atoms with van der Waals surface area (Å²) in [5, 5.41) is 13.8. The lowest BCUT2D eigenvalue weighted by atomic mass is 10.1.